The van der Waals surface area contributed by atoms with Gasteiger partial charge in [-0.3, -0.25) is 0 Å². The van der Waals surface area contributed by atoms with Gasteiger partial charge in [0.1, 0.15) is 5.76 Å². The van der Waals surface area contributed by atoms with E-state index in [2.05, 4.69) is 19.2 Å². The Morgan fingerprint density at radius 3 is 2.69 bits per heavy atom. The molecule has 0 fully saturated rings. The third kappa shape index (κ3) is 3.99. The molecule has 16 heavy (non-hydrogen) atoms. The van der Waals surface area contributed by atoms with Crippen LogP contribution in [0.25, 0.3) is 0 Å². The molecule has 0 spiro atoms. The van der Waals surface area contributed by atoms with Crippen molar-refractivity contribution in [3.63, 3.8) is 0 Å². The van der Waals surface area contributed by atoms with Crippen molar-refractivity contribution < 1.29 is 9.52 Å². The Morgan fingerprint density at radius 2 is 2.19 bits per heavy atom. The van der Waals surface area contributed by atoms with Crippen LogP contribution in [0, 0.1) is 5.92 Å². The minimum Gasteiger partial charge on any atom is -0.468 e. The first-order valence-corrected chi connectivity index (χ1v) is 6.19. The van der Waals surface area contributed by atoms with Crippen LogP contribution >= 0.6 is 0 Å². The van der Waals surface area contributed by atoms with E-state index in [-0.39, 0.29) is 6.61 Å². The zero-order chi connectivity index (χ0) is 11.8. The van der Waals surface area contributed by atoms with Gasteiger partial charge in [-0.2, -0.15) is 0 Å². The van der Waals surface area contributed by atoms with Crippen molar-refractivity contribution in [1.82, 2.24) is 5.32 Å². The molecule has 1 heterocycles. The summed E-state index contributed by atoms with van der Waals surface area (Å²) >= 11 is 0. The average molecular weight is 225 g/mol. The summed E-state index contributed by atoms with van der Waals surface area (Å²) in [6, 6.07) is 4.22. The summed E-state index contributed by atoms with van der Waals surface area (Å²) in [4.78, 5) is 0. The van der Waals surface area contributed by atoms with Crippen molar-refractivity contribution in [2.45, 2.75) is 39.2 Å². The first-order chi connectivity index (χ1) is 7.81. The van der Waals surface area contributed by atoms with Crippen LogP contribution in [0.4, 0.5) is 0 Å². The van der Waals surface area contributed by atoms with Crippen molar-refractivity contribution in [1.29, 1.82) is 0 Å². The van der Waals surface area contributed by atoms with Crippen LogP contribution in [-0.4, -0.2) is 18.3 Å². The van der Waals surface area contributed by atoms with Gasteiger partial charge >= 0.3 is 0 Å². The molecule has 1 rings (SSSR count). The smallest absolute Gasteiger partial charge is 0.120 e. The zero-order valence-electron chi connectivity index (χ0n) is 10.3. The molecule has 2 atom stereocenters. The highest BCUT2D eigenvalue weighted by Crippen LogP contribution is 2.17. The summed E-state index contributed by atoms with van der Waals surface area (Å²) in [6.07, 6.45) is 4.70. The highest BCUT2D eigenvalue weighted by atomic mass is 16.3. The van der Waals surface area contributed by atoms with E-state index in [9.17, 15) is 0 Å². The largest absolute Gasteiger partial charge is 0.468 e. The summed E-state index contributed by atoms with van der Waals surface area (Å²) in [5.41, 5.74) is 0. The maximum Gasteiger partial charge on any atom is 0.120 e. The molecule has 0 saturated heterocycles. The molecule has 0 amide bonds. The summed E-state index contributed by atoms with van der Waals surface area (Å²) in [6.45, 7) is 5.52. The van der Waals surface area contributed by atoms with Gasteiger partial charge in [-0.05, 0) is 37.4 Å². The maximum absolute atomic E-state index is 8.93. The van der Waals surface area contributed by atoms with E-state index in [4.69, 9.17) is 9.52 Å². The fraction of sp³-hybridized carbons (Fsp3) is 0.692. The number of aliphatic hydroxyl groups excluding tert-OH is 1. The van der Waals surface area contributed by atoms with Gasteiger partial charge in [-0.1, -0.05) is 20.3 Å². The minimum atomic E-state index is 0.276. The number of rotatable bonds is 8. The van der Waals surface area contributed by atoms with Crippen LogP contribution in [-0.2, 0) is 0 Å². The lowest BCUT2D eigenvalue weighted by Crippen LogP contribution is -2.27. The SMILES string of the molecule is CCC(CCO)CNC(CC)c1ccco1. The van der Waals surface area contributed by atoms with Crippen molar-refractivity contribution in [2.24, 2.45) is 5.92 Å². The van der Waals surface area contributed by atoms with Crippen molar-refractivity contribution in [3.05, 3.63) is 24.2 Å². The van der Waals surface area contributed by atoms with Gasteiger partial charge < -0.3 is 14.8 Å². The van der Waals surface area contributed by atoms with E-state index < -0.39 is 0 Å². The number of furan rings is 1. The fourth-order valence-corrected chi connectivity index (χ4v) is 1.88. The Hall–Kier alpha value is -0.800. The molecule has 0 bridgehead atoms. The van der Waals surface area contributed by atoms with Gasteiger partial charge in [-0.25, -0.2) is 0 Å². The third-order valence-corrected chi connectivity index (χ3v) is 3.06. The van der Waals surface area contributed by atoms with E-state index in [1.54, 1.807) is 6.26 Å². The lowest BCUT2D eigenvalue weighted by Gasteiger charge is -2.19. The lowest BCUT2D eigenvalue weighted by molar-refractivity contribution is 0.246. The Bertz CT molecular complexity index is 259. The first kappa shape index (κ1) is 13.3. The van der Waals surface area contributed by atoms with Crippen LogP contribution in [0.2, 0.25) is 0 Å². The van der Waals surface area contributed by atoms with Crippen LogP contribution < -0.4 is 5.32 Å². The molecule has 0 aromatic carbocycles. The molecule has 92 valence electrons. The van der Waals surface area contributed by atoms with Crippen molar-refractivity contribution >= 4 is 0 Å². The average Bonchev–Trinajstić information content (AvgIpc) is 2.82. The second-order valence-electron chi connectivity index (χ2n) is 4.17. The number of hydrogen-bond donors (Lipinski definition) is 2. The Morgan fingerprint density at radius 1 is 1.38 bits per heavy atom. The van der Waals surface area contributed by atoms with E-state index >= 15 is 0 Å². The predicted molar refractivity (Wildman–Crippen MR) is 65.2 cm³/mol. The summed E-state index contributed by atoms with van der Waals surface area (Å²) < 4.78 is 5.40. The quantitative estimate of drug-likeness (QED) is 0.715. The van der Waals surface area contributed by atoms with Gasteiger partial charge in [0.2, 0.25) is 0 Å². The molecule has 0 aliphatic carbocycles. The van der Waals surface area contributed by atoms with Crippen molar-refractivity contribution in [3.8, 4) is 0 Å². The van der Waals surface area contributed by atoms with Crippen molar-refractivity contribution in [2.75, 3.05) is 13.2 Å². The Balaban J connectivity index is 2.39. The van der Waals surface area contributed by atoms with Crippen LogP contribution in [0.15, 0.2) is 22.8 Å². The van der Waals surface area contributed by atoms with Gasteiger partial charge in [0.15, 0.2) is 0 Å². The standard InChI is InChI=1S/C13H23NO2/c1-3-11(7-8-15)10-14-12(4-2)13-6-5-9-16-13/h5-6,9,11-12,14-15H,3-4,7-8,10H2,1-2H3. The highest BCUT2D eigenvalue weighted by molar-refractivity contribution is 5.03. The van der Waals surface area contributed by atoms with Gasteiger partial charge in [0.25, 0.3) is 0 Å². The molecule has 0 saturated carbocycles. The Labute approximate surface area is 97.9 Å². The number of aliphatic hydroxyl groups is 1. The first-order valence-electron chi connectivity index (χ1n) is 6.19. The zero-order valence-corrected chi connectivity index (χ0v) is 10.3. The minimum absolute atomic E-state index is 0.276. The van der Waals surface area contributed by atoms with E-state index in [0.717, 1.165) is 31.6 Å². The van der Waals surface area contributed by atoms with Crippen LogP contribution in [0.5, 0.6) is 0 Å². The summed E-state index contributed by atoms with van der Waals surface area (Å²) in [5, 5.41) is 12.4. The molecule has 2 N–H and O–H groups in total. The molecule has 0 radical (unpaired) electrons. The molecule has 2 unspecified atom stereocenters. The molecular formula is C13H23NO2. The molecule has 3 heteroatoms. The second kappa shape index (κ2) is 7.47. The van der Waals surface area contributed by atoms with Gasteiger partial charge in [0.05, 0.1) is 12.3 Å². The maximum atomic E-state index is 8.93. The molecule has 1 aromatic heterocycles. The van der Waals surface area contributed by atoms with E-state index in [1.807, 2.05) is 12.1 Å². The Kier molecular flexibility index (Phi) is 6.19. The molecule has 0 aliphatic rings. The molecular weight excluding hydrogens is 202 g/mol. The topological polar surface area (TPSA) is 45.4 Å². The van der Waals surface area contributed by atoms with Crippen LogP contribution in [0.1, 0.15) is 44.9 Å². The fourth-order valence-electron chi connectivity index (χ4n) is 1.88. The normalized spacial score (nSPS) is 14.9. The summed E-state index contributed by atoms with van der Waals surface area (Å²) in [7, 11) is 0. The van der Waals surface area contributed by atoms with E-state index in [0.29, 0.717) is 12.0 Å². The number of nitrogens with one attached hydrogen (secondary N) is 1. The lowest BCUT2D eigenvalue weighted by atomic mass is 10.0. The second-order valence-corrected chi connectivity index (χ2v) is 4.17. The summed E-state index contributed by atoms with van der Waals surface area (Å²) in [5.74, 6) is 1.55. The molecule has 3 nitrogen and oxygen atoms in total. The number of hydrogen-bond acceptors (Lipinski definition) is 3. The third-order valence-electron chi connectivity index (χ3n) is 3.06. The molecule has 1 aromatic rings. The van der Waals surface area contributed by atoms with Gasteiger partial charge in [-0.15, -0.1) is 0 Å². The van der Waals surface area contributed by atoms with E-state index in [1.165, 1.54) is 0 Å². The highest BCUT2D eigenvalue weighted by Gasteiger charge is 2.13. The van der Waals surface area contributed by atoms with Gasteiger partial charge in [0, 0.05) is 6.61 Å². The predicted octanol–water partition coefficient (Wildman–Crippen LogP) is 2.73. The molecule has 0 aliphatic heterocycles. The monoisotopic (exact) mass is 225 g/mol. The van der Waals surface area contributed by atoms with Crippen LogP contribution in [0.3, 0.4) is 0 Å².